The van der Waals surface area contributed by atoms with Crippen molar-refractivity contribution < 1.29 is 18.0 Å². The SMILES string of the molecule is CCN(CCC(N)=S)C(=O)C1CCCCC1C(F)(F)F. The summed E-state index contributed by atoms with van der Waals surface area (Å²) in [5, 5.41) is 0. The molecule has 0 aliphatic heterocycles. The molecule has 0 aromatic heterocycles. The predicted molar refractivity (Wildman–Crippen MR) is 75.2 cm³/mol. The molecule has 0 saturated heterocycles. The van der Waals surface area contributed by atoms with Crippen LogP contribution in [0, 0.1) is 11.8 Å². The van der Waals surface area contributed by atoms with Gasteiger partial charge in [0.05, 0.1) is 10.9 Å². The van der Waals surface area contributed by atoms with Crippen molar-refractivity contribution in [1.82, 2.24) is 4.90 Å². The van der Waals surface area contributed by atoms with Crippen LogP contribution in [0.25, 0.3) is 0 Å². The quantitative estimate of drug-likeness (QED) is 0.794. The lowest BCUT2D eigenvalue weighted by Gasteiger charge is -2.35. The first-order valence-electron chi connectivity index (χ1n) is 6.91. The summed E-state index contributed by atoms with van der Waals surface area (Å²) in [4.78, 5) is 14.0. The van der Waals surface area contributed by atoms with Crippen molar-refractivity contribution >= 4 is 23.1 Å². The molecule has 1 aliphatic carbocycles. The van der Waals surface area contributed by atoms with Crippen LogP contribution in [-0.2, 0) is 4.79 Å². The molecule has 7 heteroatoms. The van der Waals surface area contributed by atoms with E-state index < -0.39 is 23.9 Å². The van der Waals surface area contributed by atoms with E-state index in [9.17, 15) is 18.0 Å². The normalized spacial score (nSPS) is 23.4. The van der Waals surface area contributed by atoms with E-state index >= 15 is 0 Å². The minimum Gasteiger partial charge on any atom is -0.393 e. The van der Waals surface area contributed by atoms with Gasteiger partial charge in [0, 0.05) is 25.4 Å². The maximum atomic E-state index is 13.0. The number of halogens is 3. The maximum Gasteiger partial charge on any atom is 0.392 e. The fourth-order valence-corrected chi connectivity index (χ4v) is 2.81. The van der Waals surface area contributed by atoms with Crippen LogP contribution in [0.2, 0.25) is 0 Å². The molecule has 0 radical (unpaired) electrons. The van der Waals surface area contributed by atoms with E-state index in [0.717, 1.165) is 0 Å². The molecule has 2 unspecified atom stereocenters. The summed E-state index contributed by atoms with van der Waals surface area (Å²) < 4.78 is 39.1. The van der Waals surface area contributed by atoms with Gasteiger partial charge in [-0.15, -0.1) is 0 Å². The number of carbonyl (C=O) groups excluding carboxylic acids is 1. The first-order chi connectivity index (χ1) is 9.27. The van der Waals surface area contributed by atoms with Gasteiger partial charge in [0.15, 0.2) is 0 Å². The molecule has 0 spiro atoms. The smallest absolute Gasteiger partial charge is 0.392 e. The van der Waals surface area contributed by atoms with E-state index in [1.807, 2.05) is 0 Å². The van der Waals surface area contributed by atoms with Gasteiger partial charge in [0.1, 0.15) is 0 Å². The van der Waals surface area contributed by atoms with Crippen LogP contribution in [-0.4, -0.2) is 35.1 Å². The number of hydrogen-bond acceptors (Lipinski definition) is 2. The van der Waals surface area contributed by atoms with Gasteiger partial charge in [-0.25, -0.2) is 0 Å². The highest BCUT2D eigenvalue weighted by molar-refractivity contribution is 7.80. The van der Waals surface area contributed by atoms with E-state index in [1.165, 1.54) is 4.90 Å². The van der Waals surface area contributed by atoms with E-state index in [2.05, 4.69) is 0 Å². The van der Waals surface area contributed by atoms with Crippen molar-refractivity contribution in [2.75, 3.05) is 13.1 Å². The summed E-state index contributed by atoms with van der Waals surface area (Å²) in [5.41, 5.74) is 5.38. The Morgan fingerprint density at radius 2 is 1.95 bits per heavy atom. The fourth-order valence-electron chi connectivity index (χ4n) is 2.72. The molecule has 1 amide bonds. The number of carbonyl (C=O) groups is 1. The van der Waals surface area contributed by atoms with Crippen LogP contribution < -0.4 is 5.73 Å². The van der Waals surface area contributed by atoms with Crippen molar-refractivity contribution in [2.24, 2.45) is 17.6 Å². The molecule has 2 atom stereocenters. The Morgan fingerprint density at radius 3 is 2.45 bits per heavy atom. The topological polar surface area (TPSA) is 46.3 Å². The van der Waals surface area contributed by atoms with E-state index in [4.69, 9.17) is 18.0 Å². The first kappa shape index (κ1) is 17.2. The second kappa shape index (κ2) is 7.24. The third-order valence-electron chi connectivity index (χ3n) is 3.83. The lowest BCUT2D eigenvalue weighted by molar-refractivity contribution is -0.200. The average Bonchev–Trinajstić information content (AvgIpc) is 2.38. The molecule has 0 bridgehead atoms. The third kappa shape index (κ3) is 4.61. The zero-order valence-electron chi connectivity index (χ0n) is 11.6. The minimum absolute atomic E-state index is 0.0484. The van der Waals surface area contributed by atoms with Crippen LogP contribution in [0.3, 0.4) is 0 Å². The third-order valence-corrected chi connectivity index (χ3v) is 4.03. The molecule has 0 aromatic rings. The highest BCUT2D eigenvalue weighted by Gasteiger charge is 2.48. The van der Waals surface area contributed by atoms with Crippen molar-refractivity contribution in [2.45, 2.75) is 45.2 Å². The van der Waals surface area contributed by atoms with E-state index in [-0.39, 0.29) is 11.4 Å². The number of amides is 1. The monoisotopic (exact) mass is 310 g/mol. The molecule has 2 N–H and O–H groups in total. The second-order valence-electron chi connectivity index (χ2n) is 5.17. The summed E-state index contributed by atoms with van der Waals surface area (Å²) in [7, 11) is 0. The van der Waals surface area contributed by atoms with E-state index in [0.29, 0.717) is 38.8 Å². The van der Waals surface area contributed by atoms with E-state index in [1.54, 1.807) is 6.92 Å². The molecule has 1 rings (SSSR count). The molecule has 0 aromatic carbocycles. The number of hydrogen-bond donors (Lipinski definition) is 1. The first-order valence-corrected chi connectivity index (χ1v) is 7.32. The number of nitrogens with two attached hydrogens (primary N) is 1. The van der Waals surface area contributed by atoms with Gasteiger partial charge in [-0.2, -0.15) is 13.2 Å². The largest absolute Gasteiger partial charge is 0.393 e. The second-order valence-corrected chi connectivity index (χ2v) is 5.70. The Kier molecular flexibility index (Phi) is 6.23. The molecule has 1 fully saturated rings. The van der Waals surface area contributed by atoms with Crippen molar-refractivity contribution in [3.63, 3.8) is 0 Å². The predicted octanol–water partition coefficient (Wildman–Crippen LogP) is 2.88. The van der Waals surface area contributed by atoms with Crippen LogP contribution in [0.4, 0.5) is 13.2 Å². The lowest BCUT2D eigenvalue weighted by atomic mass is 9.78. The zero-order valence-corrected chi connectivity index (χ0v) is 12.4. The molecular formula is C13H21F3N2OS. The zero-order chi connectivity index (χ0) is 15.3. The van der Waals surface area contributed by atoms with Gasteiger partial charge >= 0.3 is 6.18 Å². The number of nitrogens with zero attached hydrogens (tertiary/aromatic N) is 1. The fraction of sp³-hybridized carbons (Fsp3) is 0.846. The standard InChI is InChI=1S/C13H21F3N2OS/c1-2-18(8-7-11(17)20)12(19)9-5-3-4-6-10(9)13(14,15)16/h9-10H,2-8H2,1H3,(H2,17,20). The highest BCUT2D eigenvalue weighted by atomic mass is 32.1. The average molecular weight is 310 g/mol. The Hall–Kier alpha value is -0.850. The summed E-state index contributed by atoms with van der Waals surface area (Å²) in [6.07, 6.45) is -2.39. The Bertz CT molecular complexity index is 360. The number of thiocarbonyl (C=S) groups is 1. The number of alkyl halides is 3. The Balaban J connectivity index is 2.77. The lowest BCUT2D eigenvalue weighted by Crippen LogP contribution is -2.45. The van der Waals surface area contributed by atoms with Gasteiger partial charge < -0.3 is 10.6 Å². The van der Waals surface area contributed by atoms with Gasteiger partial charge in [0.25, 0.3) is 0 Å². The van der Waals surface area contributed by atoms with Gasteiger partial charge in [0.2, 0.25) is 5.91 Å². The van der Waals surface area contributed by atoms with Crippen molar-refractivity contribution in [1.29, 1.82) is 0 Å². The molecule has 1 saturated carbocycles. The Labute approximate surface area is 122 Å². The van der Waals surface area contributed by atoms with Gasteiger partial charge in [-0.3, -0.25) is 4.79 Å². The molecule has 3 nitrogen and oxygen atoms in total. The van der Waals surface area contributed by atoms with Crippen LogP contribution >= 0.6 is 12.2 Å². The van der Waals surface area contributed by atoms with Crippen molar-refractivity contribution in [3.05, 3.63) is 0 Å². The van der Waals surface area contributed by atoms with Gasteiger partial charge in [-0.1, -0.05) is 25.1 Å². The molecule has 20 heavy (non-hydrogen) atoms. The summed E-state index contributed by atoms with van der Waals surface area (Å²) in [5.74, 6) is -2.87. The van der Waals surface area contributed by atoms with Crippen LogP contribution in [0.1, 0.15) is 39.0 Å². The molecule has 1 aliphatic rings. The Morgan fingerprint density at radius 1 is 1.35 bits per heavy atom. The van der Waals surface area contributed by atoms with Gasteiger partial charge in [-0.05, 0) is 19.8 Å². The highest BCUT2D eigenvalue weighted by Crippen LogP contribution is 2.42. The van der Waals surface area contributed by atoms with Crippen LogP contribution in [0.5, 0.6) is 0 Å². The number of rotatable bonds is 5. The molecular weight excluding hydrogens is 289 g/mol. The maximum absolute atomic E-state index is 13.0. The minimum atomic E-state index is -4.30. The summed E-state index contributed by atoms with van der Waals surface area (Å²) >= 11 is 4.75. The van der Waals surface area contributed by atoms with Crippen LogP contribution in [0.15, 0.2) is 0 Å². The summed E-state index contributed by atoms with van der Waals surface area (Å²) in [6.45, 7) is 2.43. The molecule has 116 valence electrons. The summed E-state index contributed by atoms with van der Waals surface area (Å²) in [6, 6.07) is 0. The molecule has 0 heterocycles. The van der Waals surface area contributed by atoms with Crippen molar-refractivity contribution in [3.8, 4) is 0 Å².